The Morgan fingerprint density at radius 2 is 2.29 bits per heavy atom. The van der Waals surface area contributed by atoms with Crippen LogP contribution in [0.1, 0.15) is 31.4 Å². The molecule has 1 fully saturated rings. The van der Waals surface area contributed by atoms with Crippen molar-refractivity contribution in [3.8, 4) is 0 Å². The van der Waals surface area contributed by atoms with E-state index in [4.69, 9.17) is 10.2 Å². The van der Waals surface area contributed by atoms with Gasteiger partial charge in [-0.2, -0.15) is 11.8 Å². The number of rotatable bonds is 3. The van der Waals surface area contributed by atoms with Gasteiger partial charge in [-0.15, -0.1) is 0 Å². The Morgan fingerprint density at radius 1 is 1.53 bits per heavy atom. The number of nitrogens with two attached hydrogens (primary N) is 1. The first kappa shape index (κ1) is 13.0. The first-order valence-corrected chi connectivity index (χ1v) is 7.30. The molecular weight excluding hydrogens is 232 g/mol. The van der Waals surface area contributed by atoms with Crippen LogP contribution in [0.4, 0.5) is 0 Å². The molecule has 1 aromatic heterocycles. The highest BCUT2D eigenvalue weighted by molar-refractivity contribution is 7.99. The molecule has 3 atom stereocenters. The van der Waals surface area contributed by atoms with E-state index in [2.05, 4.69) is 24.8 Å². The van der Waals surface area contributed by atoms with E-state index in [0.717, 1.165) is 24.6 Å². The van der Waals surface area contributed by atoms with Crippen LogP contribution in [0.5, 0.6) is 0 Å². The van der Waals surface area contributed by atoms with E-state index in [9.17, 15) is 0 Å². The topological polar surface area (TPSA) is 42.4 Å². The van der Waals surface area contributed by atoms with Gasteiger partial charge in [0, 0.05) is 30.1 Å². The van der Waals surface area contributed by atoms with Crippen molar-refractivity contribution in [2.45, 2.75) is 38.1 Å². The number of nitrogens with zero attached hydrogens (tertiary/aromatic N) is 1. The number of hydrogen-bond acceptors (Lipinski definition) is 4. The quantitative estimate of drug-likeness (QED) is 0.899. The van der Waals surface area contributed by atoms with Crippen LogP contribution in [0.25, 0.3) is 0 Å². The Kier molecular flexibility index (Phi) is 4.17. The number of hydrogen-bond donors (Lipinski definition) is 1. The van der Waals surface area contributed by atoms with Crippen LogP contribution in [0, 0.1) is 6.92 Å². The van der Waals surface area contributed by atoms with Crippen LogP contribution in [-0.2, 0) is 0 Å². The van der Waals surface area contributed by atoms with Crippen molar-refractivity contribution in [3.63, 3.8) is 0 Å². The second-order valence-electron chi connectivity index (χ2n) is 4.93. The van der Waals surface area contributed by atoms with Crippen molar-refractivity contribution in [1.29, 1.82) is 0 Å². The van der Waals surface area contributed by atoms with Crippen molar-refractivity contribution in [2.75, 3.05) is 18.8 Å². The van der Waals surface area contributed by atoms with E-state index >= 15 is 0 Å². The molecule has 4 heteroatoms. The summed E-state index contributed by atoms with van der Waals surface area (Å²) in [6, 6.07) is 4.39. The first-order valence-electron chi connectivity index (χ1n) is 6.25. The Balaban J connectivity index is 2.17. The molecule has 0 bridgehead atoms. The minimum atomic E-state index is 0.0934. The van der Waals surface area contributed by atoms with Gasteiger partial charge in [0.25, 0.3) is 0 Å². The Labute approximate surface area is 108 Å². The van der Waals surface area contributed by atoms with Crippen molar-refractivity contribution in [2.24, 2.45) is 5.73 Å². The third kappa shape index (κ3) is 3.06. The largest absolute Gasteiger partial charge is 0.465 e. The molecule has 0 radical (unpaired) electrons. The van der Waals surface area contributed by atoms with Crippen molar-refractivity contribution < 1.29 is 4.42 Å². The van der Waals surface area contributed by atoms with Crippen LogP contribution in [0.2, 0.25) is 0 Å². The molecule has 96 valence electrons. The van der Waals surface area contributed by atoms with Crippen LogP contribution in [-0.4, -0.2) is 35.0 Å². The Hall–Kier alpha value is -0.450. The third-order valence-corrected chi connectivity index (χ3v) is 4.35. The highest BCUT2D eigenvalue weighted by Gasteiger charge is 2.29. The van der Waals surface area contributed by atoms with Gasteiger partial charge in [0.05, 0.1) is 6.04 Å². The summed E-state index contributed by atoms with van der Waals surface area (Å²) in [4.78, 5) is 2.46. The van der Waals surface area contributed by atoms with E-state index in [1.54, 1.807) is 0 Å². The van der Waals surface area contributed by atoms with Gasteiger partial charge in [-0.3, -0.25) is 4.90 Å². The molecule has 2 N–H and O–H groups in total. The van der Waals surface area contributed by atoms with E-state index < -0.39 is 0 Å². The van der Waals surface area contributed by atoms with Crippen LogP contribution in [0.15, 0.2) is 16.5 Å². The lowest BCUT2D eigenvalue weighted by atomic mass is 10.1. The van der Waals surface area contributed by atoms with Crippen molar-refractivity contribution >= 4 is 11.8 Å². The molecule has 2 heterocycles. The molecule has 0 aromatic carbocycles. The zero-order valence-electron chi connectivity index (χ0n) is 10.8. The van der Waals surface area contributed by atoms with Gasteiger partial charge in [0.15, 0.2) is 0 Å². The fourth-order valence-corrected chi connectivity index (χ4v) is 3.52. The third-order valence-electron chi connectivity index (χ3n) is 3.22. The summed E-state index contributed by atoms with van der Waals surface area (Å²) in [5.74, 6) is 3.16. The zero-order chi connectivity index (χ0) is 12.4. The monoisotopic (exact) mass is 254 g/mol. The molecule has 17 heavy (non-hydrogen) atoms. The zero-order valence-corrected chi connectivity index (χ0v) is 11.7. The fourth-order valence-electron chi connectivity index (χ4n) is 2.48. The molecule has 0 amide bonds. The Morgan fingerprint density at radius 3 is 2.82 bits per heavy atom. The normalized spacial score (nSPS) is 25.8. The molecule has 0 aliphatic carbocycles. The molecule has 0 saturated carbocycles. The maximum Gasteiger partial charge on any atom is 0.122 e. The summed E-state index contributed by atoms with van der Waals surface area (Å²) in [6.07, 6.45) is 0. The van der Waals surface area contributed by atoms with E-state index in [1.807, 2.05) is 24.8 Å². The summed E-state index contributed by atoms with van der Waals surface area (Å²) >= 11 is 2.04. The summed E-state index contributed by atoms with van der Waals surface area (Å²) in [6.45, 7) is 8.52. The molecule has 3 nitrogen and oxygen atoms in total. The van der Waals surface area contributed by atoms with Gasteiger partial charge in [0.1, 0.15) is 11.5 Å². The summed E-state index contributed by atoms with van der Waals surface area (Å²) < 4.78 is 5.77. The van der Waals surface area contributed by atoms with Gasteiger partial charge in [-0.05, 0) is 26.0 Å². The second kappa shape index (κ2) is 5.46. The SMILES string of the molecule is Cc1ccc(C(C(C)N)N2CCSC(C)C2)o1. The predicted molar refractivity (Wildman–Crippen MR) is 73.3 cm³/mol. The van der Waals surface area contributed by atoms with Crippen LogP contribution >= 0.6 is 11.8 Å². The smallest absolute Gasteiger partial charge is 0.122 e. The molecule has 3 unspecified atom stereocenters. The lowest BCUT2D eigenvalue weighted by Crippen LogP contribution is -2.45. The average molecular weight is 254 g/mol. The van der Waals surface area contributed by atoms with Gasteiger partial charge < -0.3 is 10.2 Å². The van der Waals surface area contributed by atoms with E-state index in [1.165, 1.54) is 5.75 Å². The maximum absolute atomic E-state index is 6.15. The van der Waals surface area contributed by atoms with Crippen LogP contribution < -0.4 is 5.73 Å². The summed E-state index contributed by atoms with van der Waals surface area (Å²) in [5.41, 5.74) is 6.15. The molecule has 1 aliphatic heterocycles. The van der Waals surface area contributed by atoms with Gasteiger partial charge in [-0.1, -0.05) is 6.92 Å². The molecule has 2 rings (SSSR count). The number of furan rings is 1. The van der Waals surface area contributed by atoms with Gasteiger partial charge in [-0.25, -0.2) is 0 Å². The van der Waals surface area contributed by atoms with E-state index in [0.29, 0.717) is 5.25 Å². The Bertz CT molecular complexity index is 364. The molecule has 1 saturated heterocycles. The lowest BCUT2D eigenvalue weighted by molar-refractivity contribution is 0.160. The van der Waals surface area contributed by atoms with Crippen LogP contribution in [0.3, 0.4) is 0 Å². The summed E-state index contributed by atoms with van der Waals surface area (Å²) in [7, 11) is 0. The van der Waals surface area contributed by atoms with Gasteiger partial charge in [0.2, 0.25) is 0 Å². The molecular formula is C13H22N2OS. The standard InChI is InChI=1S/C13H22N2OS/c1-9-4-5-12(16-9)13(11(3)14)15-6-7-17-10(2)8-15/h4-5,10-11,13H,6-8,14H2,1-3H3. The van der Waals surface area contributed by atoms with E-state index in [-0.39, 0.29) is 12.1 Å². The van der Waals surface area contributed by atoms with Crippen molar-refractivity contribution in [1.82, 2.24) is 4.90 Å². The number of aryl methyl sites for hydroxylation is 1. The average Bonchev–Trinajstić information content (AvgIpc) is 2.64. The van der Waals surface area contributed by atoms with Gasteiger partial charge >= 0.3 is 0 Å². The first-order chi connectivity index (χ1) is 8.08. The fraction of sp³-hybridized carbons (Fsp3) is 0.692. The summed E-state index contributed by atoms with van der Waals surface area (Å²) in [5, 5.41) is 0.682. The number of thioether (sulfide) groups is 1. The highest BCUT2D eigenvalue weighted by atomic mass is 32.2. The molecule has 1 aliphatic rings. The molecule has 1 aromatic rings. The maximum atomic E-state index is 6.15. The molecule has 0 spiro atoms. The second-order valence-corrected chi connectivity index (χ2v) is 6.48. The minimum absolute atomic E-state index is 0.0934. The van der Waals surface area contributed by atoms with Crippen molar-refractivity contribution in [3.05, 3.63) is 23.7 Å². The minimum Gasteiger partial charge on any atom is -0.465 e. The lowest BCUT2D eigenvalue weighted by Gasteiger charge is -2.37. The predicted octanol–water partition coefficient (Wildman–Crippen LogP) is 2.41. The highest BCUT2D eigenvalue weighted by Crippen LogP contribution is 2.30.